The normalized spacial score (nSPS) is 12.2. The minimum Gasteiger partial charge on any atom is -0.352 e. The lowest BCUT2D eigenvalue weighted by Gasteiger charge is -2.34. The molecule has 3 aromatic rings. The minimum absolute atomic E-state index is 0.0346. The number of nitrogens with one attached hydrogen (secondary N) is 1. The van der Waals surface area contributed by atoms with Crippen molar-refractivity contribution in [2.24, 2.45) is 0 Å². The van der Waals surface area contributed by atoms with Crippen molar-refractivity contribution in [3.05, 3.63) is 101 Å². The third kappa shape index (κ3) is 7.82. The fourth-order valence-corrected chi connectivity index (χ4v) is 5.29. The van der Waals surface area contributed by atoms with Crippen LogP contribution in [-0.2, 0) is 32.6 Å². The maximum Gasteiger partial charge on any atom is 0.244 e. The summed E-state index contributed by atoms with van der Waals surface area (Å²) in [6.07, 6.45) is 1.32. The maximum atomic E-state index is 14.0. The second kappa shape index (κ2) is 12.9. The first kappa shape index (κ1) is 29.2. The van der Waals surface area contributed by atoms with Gasteiger partial charge in [0.2, 0.25) is 21.8 Å². The lowest BCUT2D eigenvalue weighted by atomic mass is 10.0. The Bertz CT molecular complexity index is 1360. The summed E-state index contributed by atoms with van der Waals surface area (Å²) in [7, 11) is -3.81. The number of amides is 2. The number of carbonyl (C=O) groups excluding carboxylic acids is 2. The summed E-state index contributed by atoms with van der Waals surface area (Å²) in [6, 6.07) is 22.4. The standard InChI is InChI=1S/C29H34ClN3O4S/c1-21(2)31-29(35)27(18-23-13-6-5-7-14-23)32(19-24-15-9-10-16-25(24)30)28(34)20-33(38(4,36)37)26-17-11-8-12-22(26)3/h5-17,21,27H,18-20H2,1-4H3,(H,31,35). The van der Waals surface area contributed by atoms with E-state index in [9.17, 15) is 18.0 Å². The monoisotopic (exact) mass is 555 g/mol. The Balaban J connectivity index is 2.08. The summed E-state index contributed by atoms with van der Waals surface area (Å²) < 4.78 is 26.8. The van der Waals surface area contributed by atoms with E-state index in [0.29, 0.717) is 21.8 Å². The van der Waals surface area contributed by atoms with Crippen LogP contribution in [0, 0.1) is 6.92 Å². The number of carbonyl (C=O) groups is 2. The fraction of sp³-hybridized carbons (Fsp3) is 0.310. The molecule has 3 rings (SSSR count). The highest BCUT2D eigenvalue weighted by Crippen LogP contribution is 2.24. The predicted molar refractivity (Wildman–Crippen MR) is 153 cm³/mol. The second-order valence-corrected chi connectivity index (χ2v) is 11.9. The van der Waals surface area contributed by atoms with E-state index < -0.39 is 28.5 Å². The number of benzene rings is 3. The fourth-order valence-electron chi connectivity index (χ4n) is 4.18. The molecular weight excluding hydrogens is 522 g/mol. The van der Waals surface area contributed by atoms with Gasteiger partial charge in [0, 0.05) is 24.0 Å². The summed E-state index contributed by atoms with van der Waals surface area (Å²) in [5, 5.41) is 3.38. The van der Waals surface area contributed by atoms with Crippen LogP contribution in [0.15, 0.2) is 78.9 Å². The molecule has 0 heterocycles. The summed E-state index contributed by atoms with van der Waals surface area (Å²) >= 11 is 6.45. The number of anilines is 1. The molecule has 1 N–H and O–H groups in total. The number of aryl methyl sites for hydroxylation is 1. The van der Waals surface area contributed by atoms with Gasteiger partial charge in [-0.05, 0) is 49.6 Å². The number of hydrogen-bond donors (Lipinski definition) is 1. The Kier molecular flexibility index (Phi) is 9.94. The number of rotatable bonds is 11. The minimum atomic E-state index is -3.81. The molecule has 0 bridgehead atoms. The van der Waals surface area contributed by atoms with Crippen LogP contribution in [0.5, 0.6) is 0 Å². The van der Waals surface area contributed by atoms with Crippen LogP contribution in [0.2, 0.25) is 5.02 Å². The van der Waals surface area contributed by atoms with Crippen molar-refractivity contribution in [1.82, 2.24) is 10.2 Å². The van der Waals surface area contributed by atoms with Crippen molar-refractivity contribution in [2.75, 3.05) is 17.1 Å². The van der Waals surface area contributed by atoms with Crippen LogP contribution in [0.3, 0.4) is 0 Å². The Morgan fingerprint density at radius 3 is 2.13 bits per heavy atom. The second-order valence-electron chi connectivity index (χ2n) is 9.54. The molecule has 0 aliphatic heterocycles. The Morgan fingerprint density at radius 2 is 1.53 bits per heavy atom. The molecule has 0 saturated heterocycles. The molecule has 2 amide bonds. The average molecular weight is 556 g/mol. The van der Waals surface area contributed by atoms with E-state index in [-0.39, 0.29) is 24.9 Å². The largest absolute Gasteiger partial charge is 0.352 e. The molecule has 202 valence electrons. The molecule has 0 aromatic heterocycles. The quantitative estimate of drug-likeness (QED) is 0.375. The molecule has 9 heteroatoms. The van der Waals surface area contributed by atoms with Gasteiger partial charge in [-0.3, -0.25) is 13.9 Å². The zero-order valence-corrected chi connectivity index (χ0v) is 23.7. The van der Waals surface area contributed by atoms with Gasteiger partial charge in [-0.15, -0.1) is 0 Å². The predicted octanol–water partition coefficient (Wildman–Crippen LogP) is 4.58. The van der Waals surface area contributed by atoms with Gasteiger partial charge in [-0.1, -0.05) is 78.3 Å². The van der Waals surface area contributed by atoms with Crippen LogP contribution in [-0.4, -0.2) is 50.0 Å². The van der Waals surface area contributed by atoms with Gasteiger partial charge in [0.15, 0.2) is 0 Å². The zero-order chi connectivity index (χ0) is 27.9. The highest BCUT2D eigenvalue weighted by molar-refractivity contribution is 7.92. The molecule has 0 saturated carbocycles. The molecule has 38 heavy (non-hydrogen) atoms. The average Bonchev–Trinajstić information content (AvgIpc) is 2.85. The number of nitrogens with zero attached hydrogens (tertiary/aromatic N) is 2. The molecule has 7 nitrogen and oxygen atoms in total. The number of hydrogen-bond acceptors (Lipinski definition) is 4. The third-order valence-electron chi connectivity index (χ3n) is 6.06. The van der Waals surface area contributed by atoms with Crippen molar-refractivity contribution in [3.8, 4) is 0 Å². The maximum absolute atomic E-state index is 14.0. The lowest BCUT2D eigenvalue weighted by molar-refractivity contribution is -0.140. The third-order valence-corrected chi connectivity index (χ3v) is 7.56. The summed E-state index contributed by atoms with van der Waals surface area (Å²) in [4.78, 5) is 29.0. The molecule has 0 aliphatic rings. The van der Waals surface area contributed by atoms with Gasteiger partial charge < -0.3 is 10.2 Å². The molecule has 0 spiro atoms. The van der Waals surface area contributed by atoms with Crippen molar-refractivity contribution < 1.29 is 18.0 Å². The van der Waals surface area contributed by atoms with Gasteiger partial charge >= 0.3 is 0 Å². The summed E-state index contributed by atoms with van der Waals surface area (Å²) in [5.41, 5.74) is 2.64. The van der Waals surface area contributed by atoms with Gasteiger partial charge in [0.25, 0.3) is 0 Å². The Morgan fingerprint density at radius 1 is 0.921 bits per heavy atom. The molecule has 1 unspecified atom stereocenters. The number of halogens is 1. The van der Waals surface area contributed by atoms with Crippen molar-refractivity contribution in [2.45, 2.75) is 45.8 Å². The van der Waals surface area contributed by atoms with Gasteiger partial charge in [-0.2, -0.15) is 0 Å². The summed E-state index contributed by atoms with van der Waals surface area (Å²) in [5.74, 6) is -0.843. The Hall–Kier alpha value is -3.36. The van der Waals surface area contributed by atoms with E-state index in [4.69, 9.17) is 11.6 Å². The van der Waals surface area contributed by atoms with E-state index in [1.54, 1.807) is 55.5 Å². The van der Waals surface area contributed by atoms with E-state index in [1.165, 1.54) is 4.90 Å². The number of para-hydroxylation sites is 1. The SMILES string of the molecule is Cc1ccccc1N(CC(=O)N(Cc1ccccc1Cl)C(Cc1ccccc1)C(=O)NC(C)C)S(C)(=O)=O. The van der Waals surface area contributed by atoms with Crippen LogP contribution in [0.1, 0.15) is 30.5 Å². The number of sulfonamides is 1. The molecule has 0 radical (unpaired) electrons. The van der Waals surface area contributed by atoms with Crippen molar-refractivity contribution in [1.29, 1.82) is 0 Å². The first-order valence-electron chi connectivity index (χ1n) is 12.4. The highest BCUT2D eigenvalue weighted by Gasteiger charge is 2.33. The Labute approximate surface area is 230 Å². The van der Waals surface area contributed by atoms with Crippen LogP contribution in [0.4, 0.5) is 5.69 Å². The van der Waals surface area contributed by atoms with E-state index in [0.717, 1.165) is 16.1 Å². The van der Waals surface area contributed by atoms with Crippen LogP contribution < -0.4 is 9.62 Å². The van der Waals surface area contributed by atoms with Crippen LogP contribution >= 0.6 is 11.6 Å². The molecular formula is C29H34ClN3O4S. The van der Waals surface area contributed by atoms with Crippen molar-refractivity contribution >= 4 is 39.1 Å². The first-order chi connectivity index (χ1) is 18.0. The van der Waals surface area contributed by atoms with Gasteiger partial charge in [-0.25, -0.2) is 8.42 Å². The summed E-state index contributed by atoms with van der Waals surface area (Å²) in [6.45, 7) is 5.05. The first-order valence-corrected chi connectivity index (χ1v) is 14.6. The smallest absolute Gasteiger partial charge is 0.244 e. The van der Waals surface area contributed by atoms with E-state index in [2.05, 4.69) is 5.32 Å². The lowest BCUT2D eigenvalue weighted by Crippen LogP contribution is -2.54. The topological polar surface area (TPSA) is 86.8 Å². The van der Waals surface area contributed by atoms with E-state index >= 15 is 0 Å². The van der Waals surface area contributed by atoms with Gasteiger partial charge in [0.1, 0.15) is 12.6 Å². The zero-order valence-electron chi connectivity index (χ0n) is 22.1. The van der Waals surface area contributed by atoms with Crippen molar-refractivity contribution in [3.63, 3.8) is 0 Å². The molecule has 0 fully saturated rings. The van der Waals surface area contributed by atoms with Crippen LogP contribution in [0.25, 0.3) is 0 Å². The van der Waals surface area contributed by atoms with E-state index in [1.807, 2.05) is 44.2 Å². The van der Waals surface area contributed by atoms with Gasteiger partial charge in [0.05, 0.1) is 11.9 Å². The molecule has 1 atom stereocenters. The molecule has 3 aromatic carbocycles. The highest BCUT2D eigenvalue weighted by atomic mass is 35.5. The molecule has 0 aliphatic carbocycles.